The summed E-state index contributed by atoms with van der Waals surface area (Å²) in [6, 6.07) is 0. The van der Waals surface area contributed by atoms with E-state index in [9.17, 15) is 8.42 Å². The third-order valence-electron chi connectivity index (χ3n) is 4.35. The Morgan fingerprint density at radius 2 is 1.83 bits per heavy atom. The van der Waals surface area contributed by atoms with Gasteiger partial charge in [0.05, 0.1) is 5.75 Å². The molecular formula is C14H27BrO2S. The maximum absolute atomic E-state index is 11.6. The lowest BCUT2D eigenvalue weighted by Crippen LogP contribution is -2.33. The molecule has 1 aliphatic carbocycles. The summed E-state index contributed by atoms with van der Waals surface area (Å²) in [7, 11) is -2.82. The molecule has 0 aliphatic heterocycles. The summed E-state index contributed by atoms with van der Waals surface area (Å²) >= 11 is 3.74. The largest absolute Gasteiger partial charge is 0.229 e. The Morgan fingerprint density at radius 3 is 2.33 bits per heavy atom. The number of sulfone groups is 1. The highest BCUT2D eigenvalue weighted by Crippen LogP contribution is 2.43. The van der Waals surface area contributed by atoms with E-state index >= 15 is 0 Å². The molecule has 0 radical (unpaired) electrons. The van der Waals surface area contributed by atoms with Crippen molar-refractivity contribution in [2.75, 3.05) is 11.5 Å². The molecule has 0 heterocycles. The van der Waals surface area contributed by atoms with E-state index in [-0.39, 0.29) is 5.75 Å². The van der Waals surface area contributed by atoms with Crippen LogP contribution in [0.3, 0.4) is 0 Å². The van der Waals surface area contributed by atoms with Gasteiger partial charge in [-0.3, -0.25) is 0 Å². The van der Waals surface area contributed by atoms with Gasteiger partial charge in [-0.25, -0.2) is 8.42 Å². The van der Waals surface area contributed by atoms with E-state index in [1.807, 2.05) is 0 Å². The van der Waals surface area contributed by atoms with Gasteiger partial charge in [-0.1, -0.05) is 43.6 Å². The zero-order chi connectivity index (χ0) is 14.0. The van der Waals surface area contributed by atoms with Crippen molar-refractivity contribution in [3.63, 3.8) is 0 Å². The molecule has 3 unspecified atom stereocenters. The van der Waals surface area contributed by atoms with Crippen LogP contribution >= 0.6 is 15.9 Å². The second kappa shape index (κ2) is 6.25. The van der Waals surface area contributed by atoms with Gasteiger partial charge < -0.3 is 0 Å². The van der Waals surface area contributed by atoms with Gasteiger partial charge in [-0.2, -0.15) is 0 Å². The fourth-order valence-electron chi connectivity index (χ4n) is 2.79. The van der Waals surface area contributed by atoms with Gasteiger partial charge in [0.25, 0.3) is 0 Å². The van der Waals surface area contributed by atoms with Crippen LogP contribution in [0.15, 0.2) is 0 Å². The Balaban J connectivity index is 2.58. The highest BCUT2D eigenvalue weighted by atomic mass is 79.9. The molecule has 0 bridgehead atoms. The third kappa shape index (κ3) is 4.84. The second-order valence-electron chi connectivity index (χ2n) is 6.68. The molecule has 2 nitrogen and oxygen atoms in total. The summed E-state index contributed by atoms with van der Waals surface area (Å²) in [5.74, 6) is 1.87. The minimum Gasteiger partial charge on any atom is -0.229 e. The van der Waals surface area contributed by atoms with Crippen molar-refractivity contribution < 1.29 is 8.42 Å². The van der Waals surface area contributed by atoms with Gasteiger partial charge in [0.2, 0.25) is 0 Å². The summed E-state index contributed by atoms with van der Waals surface area (Å²) in [5.41, 5.74) is 0.342. The van der Waals surface area contributed by atoms with E-state index < -0.39 is 9.84 Å². The summed E-state index contributed by atoms with van der Waals surface area (Å²) in [4.78, 5) is 0.503. The quantitative estimate of drug-likeness (QED) is 0.725. The third-order valence-corrected chi connectivity index (χ3v) is 7.30. The van der Waals surface area contributed by atoms with E-state index in [1.165, 1.54) is 19.3 Å². The Morgan fingerprint density at radius 1 is 1.22 bits per heavy atom. The van der Waals surface area contributed by atoms with Crippen LogP contribution in [0.4, 0.5) is 0 Å². The molecule has 0 N–H and O–H groups in total. The first-order valence-corrected chi connectivity index (χ1v) is 9.74. The predicted molar refractivity (Wildman–Crippen MR) is 81.9 cm³/mol. The van der Waals surface area contributed by atoms with E-state index in [1.54, 1.807) is 6.92 Å². The highest BCUT2D eigenvalue weighted by Gasteiger charge is 2.35. The minimum absolute atomic E-state index is 0.273. The van der Waals surface area contributed by atoms with Crippen LogP contribution in [0.2, 0.25) is 0 Å². The van der Waals surface area contributed by atoms with Crippen molar-refractivity contribution in [1.29, 1.82) is 0 Å². The van der Waals surface area contributed by atoms with Gasteiger partial charge in [0.1, 0.15) is 9.84 Å². The van der Waals surface area contributed by atoms with E-state index in [4.69, 9.17) is 0 Å². The van der Waals surface area contributed by atoms with Crippen LogP contribution in [0.25, 0.3) is 0 Å². The first-order valence-electron chi connectivity index (χ1n) is 7.00. The van der Waals surface area contributed by atoms with Crippen LogP contribution in [0, 0.1) is 17.3 Å². The maximum Gasteiger partial charge on any atom is 0.150 e. The average molecular weight is 339 g/mol. The van der Waals surface area contributed by atoms with Crippen molar-refractivity contribution in [1.82, 2.24) is 0 Å². The lowest BCUT2D eigenvalue weighted by atomic mass is 9.68. The van der Waals surface area contributed by atoms with Crippen molar-refractivity contribution >= 4 is 25.8 Å². The zero-order valence-electron chi connectivity index (χ0n) is 12.1. The van der Waals surface area contributed by atoms with E-state index in [2.05, 4.69) is 36.7 Å². The van der Waals surface area contributed by atoms with Crippen molar-refractivity contribution in [3.05, 3.63) is 0 Å². The molecule has 0 amide bonds. The van der Waals surface area contributed by atoms with Gasteiger partial charge in [0.15, 0.2) is 0 Å². The lowest BCUT2D eigenvalue weighted by molar-refractivity contribution is 0.145. The summed E-state index contributed by atoms with van der Waals surface area (Å²) in [6.45, 7) is 8.63. The fraction of sp³-hybridized carbons (Fsp3) is 1.00. The number of alkyl halides is 1. The van der Waals surface area contributed by atoms with Gasteiger partial charge in [-0.05, 0) is 42.9 Å². The molecule has 1 fully saturated rings. The fourth-order valence-corrected chi connectivity index (χ4v) is 4.48. The zero-order valence-corrected chi connectivity index (χ0v) is 14.5. The summed E-state index contributed by atoms with van der Waals surface area (Å²) in [6.07, 6.45) is 4.42. The monoisotopic (exact) mass is 338 g/mol. The van der Waals surface area contributed by atoms with Crippen LogP contribution in [0.5, 0.6) is 0 Å². The van der Waals surface area contributed by atoms with Gasteiger partial charge in [0, 0.05) is 10.6 Å². The molecule has 18 heavy (non-hydrogen) atoms. The molecule has 1 rings (SSSR count). The molecular weight excluding hydrogens is 312 g/mol. The number of rotatable bonds is 4. The van der Waals surface area contributed by atoms with E-state index in [0.29, 0.717) is 21.9 Å². The normalized spacial score (nSPS) is 30.4. The van der Waals surface area contributed by atoms with Crippen molar-refractivity contribution in [2.45, 2.75) is 58.2 Å². The lowest BCUT2D eigenvalue weighted by Gasteiger charge is -2.40. The number of hydrogen-bond acceptors (Lipinski definition) is 2. The Bertz CT molecular complexity index is 356. The molecule has 0 aromatic rings. The smallest absolute Gasteiger partial charge is 0.150 e. The molecule has 1 aliphatic rings. The second-order valence-corrected chi connectivity index (χ2v) is 10.3. The maximum atomic E-state index is 11.6. The van der Waals surface area contributed by atoms with Crippen LogP contribution < -0.4 is 0 Å². The van der Waals surface area contributed by atoms with Gasteiger partial charge in [-0.15, -0.1) is 0 Å². The number of hydrogen-bond donors (Lipinski definition) is 0. The standard InChI is InChI=1S/C14H27BrO2S/c1-5-18(16,17)9-8-11-10-12(14(2,3)4)6-7-13(11)15/h11-13H,5-10H2,1-4H3. The molecule has 1 saturated carbocycles. The molecule has 0 spiro atoms. The average Bonchev–Trinajstić information content (AvgIpc) is 2.26. The number of halogens is 1. The van der Waals surface area contributed by atoms with Crippen LogP contribution in [-0.2, 0) is 9.84 Å². The SMILES string of the molecule is CCS(=O)(=O)CCC1CC(C(C)(C)C)CCC1Br. The Hall–Kier alpha value is 0.430. The Kier molecular flexibility index (Phi) is 5.73. The first kappa shape index (κ1) is 16.5. The van der Waals surface area contributed by atoms with Crippen LogP contribution in [0.1, 0.15) is 53.4 Å². The summed E-state index contributed by atoms with van der Waals surface area (Å²) in [5, 5.41) is 0. The van der Waals surface area contributed by atoms with E-state index in [0.717, 1.165) is 12.3 Å². The van der Waals surface area contributed by atoms with Crippen molar-refractivity contribution in [3.8, 4) is 0 Å². The highest BCUT2D eigenvalue weighted by molar-refractivity contribution is 9.09. The molecule has 0 aromatic carbocycles. The predicted octanol–water partition coefficient (Wildman–Crippen LogP) is 4.04. The Labute approximate surface area is 121 Å². The molecule has 108 valence electrons. The van der Waals surface area contributed by atoms with Crippen LogP contribution in [-0.4, -0.2) is 24.8 Å². The molecule has 0 aromatic heterocycles. The van der Waals surface area contributed by atoms with Crippen molar-refractivity contribution in [2.24, 2.45) is 17.3 Å². The summed E-state index contributed by atoms with van der Waals surface area (Å²) < 4.78 is 23.2. The molecule has 0 saturated heterocycles. The first-order chi connectivity index (χ1) is 8.15. The molecule has 3 atom stereocenters. The molecule has 4 heteroatoms. The minimum atomic E-state index is -2.82. The van der Waals surface area contributed by atoms with Gasteiger partial charge >= 0.3 is 0 Å². The topological polar surface area (TPSA) is 34.1 Å².